The summed E-state index contributed by atoms with van der Waals surface area (Å²) in [6.07, 6.45) is 6.87. The summed E-state index contributed by atoms with van der Waals surface area (Å²) in [5, 5.41) is 15.2. The van der Waals surface area contributed by atoms with Crippen LogP contribution in [0.2, 0.25) is 5.02 Å². The summed E-state index contributed by atoms with van der Waals surface area (Å²) < 4.78 is 7.46. The number of hydrogen-bond donors (Lipinski definition) is 2. The molecule has 0 spiro atoms. The quantitative estimate of drug-likeness (QED) is 0.318. The van der Waals surface area contributed by atoms with Crippen LogP contribution in [0.1, 0.15) is 52.9 Å². The van der Waals surface area contributed by atoms with Crippen molar-refractivity contribution in [2.75, 3.05) is 5.32 Å². The highest BCUT2D eigenvalue weighted by molar-refractivity contribution is 6.31. The van der Waals surface area contributed by atoms with Crippen molar-refractivity contribution in [3.8, 4) is 5.82 Å². The molecule has 1 aliphatic rings. The van der Waals surface area contributed by atoms with E-state index in [4.69, 9.17) is 21.3 Å². The van der Waals surface area contributed by atoms with E-state index in [1.165, 1.54) is 0 Å². The molecule has 0 amide bonds. The first-order valence-electron chi connectivity index (χ1n) is 12.2. The summed E-state index contributed by atoms with van der Waals surface area (Å²) in [5.74, 6) is 1.62. The Kier molecular flexibility index (Phi) is 6.95. The first kappa shape index (κ1) is 24.9. The highest BCUT2D eigenvalue weighted by atomic mass is 35.5. The van der Waals surface area contributed by atoms with Crippen LogP contribution < -0.4 is 5.32 Å². The maximum Gasteiger partial charge on any atom is 0.338 e. The molecule has 0 radical (unpaired) electrons. The summed E-state index contributed by atoms with van der Waals surface area (Å²) in [6.45, 7) is 3.91. The van der Waals surface area contributed by atoms with Gasteiger partial charge in [-0.05, 0) is 81.0 Å². The Morgan fingerprint density at radius 2 is 1.86 bits per heavy atom. The number of carbonyl (C=O) groups excluding carboxylic acids is 1. The molecule has 9 heteroatoms. The molecule has 1 saturated carbocycles. The molecule has 0 bridgehead atoms. The predicted molar refractivity (Wildman–Crippen MR) is 141 cm³/mol. The summed E-state index contributed by atoms with van der Waals surface area (Å²) in [5.41, 5.74) is 1.95. The van der Waals surface area contributed by atoms with Crippen molar-refractivity contribution in [2.45, 2.75) is 51.2 Å². The van der Waals surface area contributed by atoms with Crippen LogP contribution in [0.5, 0.6) is 0 Å². The Morgan fingerprint density at radius 1 is 1.11 bits per heavy atom. The number of benzene rings is 1. The SMILES string of the molecule is Cc1cc(Nc2cc(C)c(Cl)cn2)nc(-n2cnc([C@]3(O)CC[C@H](OC(=O)c4ccccc4)CC3)c2)c1. The van der Waals surface area contributed by atoms with Crippen molar-refractivity contribution in [1.29, 1.82) is 0 Å². The van der Waals surface area contributed by atoms with Gasteiger partial charge in [-0.2, -0.15) is 0 Å². The summed E-state index contributed by atoms with van der Waals surface area (Å²) in [7, 11) is 0. The third-order valence-corrected chi connectivity index (χ3v) is 7.02. The second-order valence-corrected chi connectivity index (χ2v) is 9.91. The monoisotopic (exact) mass is 517 g/mol. The van der Waals surface area contributed by atoms with Gasteiger partial charge in [0, 0.05) is 12.4 Å². The molecular formula is C28H28ClN5O3. The average molecular weight is 518 g/mol. The van der Waals surface area contributed by atoms with Crippen LogP contribution in [-0.4, -0.2) is 36.7 Å². The van der Waals surface area contributed by atoms with E-state index in [1.807, 2.05) is 56.4 Å². The third kappa shape index (κ3) is 5.65. The second kappa shape index (κ2) is 10.3. The van der Waals surface area contributed by atoms with E-state index in [0.717, 1.165) is 11.1 Å². The van der Waals surface area contributed by atoms with Crippen LogP contribution in [-0.2, 0) is 10.3 Å². The van der Waals surface area contributed by atoms with E-state index >= 15 is 0 Å². The number of esters is 1. The molecule has 190 valence electrons. The molecule has 0 atom stereocenters. The van der Waals surface area contributed by atoms with Crippen LogP contribution >= 0.6 is 11.6 Å². The number of pyridine rings is 2. The van der Waals surface area contributed by atoms with E-state index in [1.54, 1.807) is 29.2 Å². The minimum atomic E-state index is -1.09. The van der Waals surface area contributed by atoms with Gasteiger partial charge in [0.1, 0.15) is 35.5 Å². The number of halogens is 1. The first-order valence-corrected chi connectivity index (χ1v) is 12.6. The molecule has 37 heavy (non-hydrogen) atoms. The van der Waals surface area contributed by atoms with Crippen molar-refractivity contribution in [2.24, 2.45) is 0 Å². The summed E-state index contributed by atoms with van der Waals surface area (Å²) in [6, 6.07) is 14.7. The number of imidazole rings is 1. The summed E-state index contributed by atoms with van der Waals surface area (Å²) in [4.78, 5) is 25.9. The Hall–Kier alpha value is -3.75. The van der Waals surface area contributed by atoms with E-state index in [-0.39, 0.29) is 12.1 Å². The van der Waals surface area contributed by atoms with Gasteiger partial charge in [-0.3, -0.25) is 4.57 Å². The molecule has 0 unspecified atom stereocenters. The fourth-order valence-electron chi connectivity index (χ4n) is 4.51. The maximum atomic E-state index is 12.4. The molecule has 3 heterocycles. The molecule has 8 nitrogen and oxygen atoms in total. The molecule has 1 aromatic carbocycles. The van der Waals surface area contributed by atoms with Crippen molar-refractivity contribution >= 4 is 29.2 Å². The number of aryl methyl sites for hydroxylation is 2. The highest BCUT2D eigenvalue weighted by Gasteiger charge is 2.38. The van der Waals surface area contributed by atoms with E-state index in [9.17, 15) is 9.90 Å². The lowest BCUT2D eigenvalue weighted by molar-refractivity contribution is -0.0485. The first-order chi connectivity index (χ1) is 17.8. The Bertz CT molecular complexity index is 1410. The zero-order valence-electron chi connectivity index (χ0n) is 20.7. The molecule has 1 aliphatic carbocycles. The summed E-state index contributed by atoms with van der Waals surface area (Å²) >= 11 is 6.09. The molecular weight excluding hydrogens is 490 g/mol. The normalized spacial score (nSPS) is 19.4. The van der Waals surface area contributed by atoms with E-state index < -0.39 is 5.60 Å². The number of aliphatic hydroxyl groups is 1. The number of nitrogens with zero attached hydrogens (tertiary/aromatic N) is 4. The predicted octanol–water partition coefficient (Wildman–Crippen LogP) is 5.66. The molecule has 2 N–H and O–H groups in total. The lowest BCUT2D eigenvalue weighted by atomic mass is 9.81. The number of anilines is 2. The van der Waals surface area contributed by atoms with Gasteiger partial charge in [-0.25, -0.2) is 19.7 Å². The van der Waals surface area contributed by atoms with Gasteiger partial charge in [0.15, 0.2) is 0 Å². The smallest absolute Gasteiger partial charge is 0.338 e. The zero-order chi connectivity index (χ0) is 26.0. The second-order valence-electron chi connectivity index (χ2n) is 9.50. The van der Waals surface area contributed by atoms with E-state index in [0.29, 0.717) is 59.4 Å². The van der Waals surface area contributed by atoms with Crippen molar-refractivity contribution in [1.82, 2.24) is 19.5 Å². The highest BCUT2D eigenvalue weighted by Crippen LogP contribution is 2.37. The minimum Gasteiger partial charge on any atom is -0.459 e. The molecule has 5 rings (SSSR count). The van der Waals surface area contributed by atoms with Crippen molar-refractivity contribution in [3.63, 3.8) is 0 Å². The van der Waals surface area contributed by atoms with Gasteiger partial charge in [-0.1, -0.05) is 29.8 Å². The maximum absolute atomic E-state index is 12.4. The van der Waals surface area contributed by atoms with Crippen LogP contribution in [0.15, 0.2) is 67.3 Å². The lowest BCUT2D eigenvalue weighted by Gasteiger charge is -2.34. The zero-order valence-corrected chi connectivity index (χ0v) is 21.4. The Labute approximate surface area is 220 Å². The minimum absolute atomic E-state index is 0.229. The molecule has 0 saturated heterocycles. The topological polar surface area (TPSA) is 102 Å². The Balaban J connectivity index is 1.27. The molecule has 1 fully saturated rings. The number of carbonyl (C=O) groups is 1. The number of rotatable bonds is 6. The van der Waals surface area contributed by atoms with Gasteiger partial charge in [0.25, 0.3) is 0 Å². The van der Waals surface area contributed by atoms with E-state index in [2.05, 4.69) is 15.3 Å². The third-order valence-electron chi connectivity index (χ3n) is 6.63. The number of hydrogen-bond acceptors (Lipinski definition) is 7. The Morgan fingerprint density at radius 3 is 2.59 bits per heavy atom. The lowest BCUT2D eigenvalue weighted by Crippen LogP contribution is -2.35. The number of nitrogens with one attached hydrogen (secondary N) is 1. The van der Waals surface area contributed by atoms with Gasteiger partial charge in [0.2, 0.25) is 0 Å². The number of ether oxygens (including phenoxy) is 1. The van der Waals surface area contributed by atoms with Crippen molar-refractivity contribution < 1.29 is 14.6 Å². The van der Waals surface area contributed by atoms with Gasteiger partial charge < -0.3 is 15.2 Å². The largest absolute Gasteiger partial charge is 0.459 e. The average Bonchev–Trinajstić information content (AvgIpc) is 3.40. The van der Waals surface area contributed by atoms with Gasteiger partial charge >= 0.3 is 5.97 Å². The fraction of sp³-hybridized carbons (Fsp3) is 0.286. The van der Waals surface area contributed by atoms with Gasteiger partial charge in [-0.15, -0.1) is 0 Å². The fourth-order valence-corrected chi connectivity index (χ4v) is 4.61. The molecule has 3 aromatic heterocycles. The molecule has 0 aliphatic heterocycles. The van der Waals surface area contributed by atoms with Crippen LogP contribution in [0, 0.1) is 13.8 Å². The van der Waals surface area contributed by atoms with Crippen LogP contribution in [0.25, 0.3) is 5.82 Å². The van der Waals surface area contributed by atoms with Crippen LogP contribution in [0.4, 0.5) is 11.6 Å². The van der Waals surface area contributed by atoms with Crippen molar-refractivity contribution in [3.05, 3.63) is 94.7 Å². The molecule has 4 aromatic rings. The standard InChI is InChI=1S/C28H28ClN5O3/c1-18-12-25(32-24-14-19(2)22(29)15-30-24)33-26(13-18)34-16-23(31-17-34)28(36)10-8-21(9-11-28)37-27(35)20-6-4-3-5-7-20/h3-7,12-17,21,36H,8-11H2,1-2H3,(H,30,32,33)/t21-,28-. The van der Waals surface area contributed by atoms with Gasteiger partial charge in [0.05, 0.1) is 16.3 Å². The van der Waals surface area contributed by atoms with Crippen LogP contribution in [0.3, 0.4) is 0 Å². The number of aromatic nitrogens is 4.